The summed E-state index contributed by atoms with van der Waals surface area (Å²) in [5.74, 6) is -3.68. The van der Waals surface area contributed by atoms with Crippen LogP contribution in [0.1, 0.15) is 10.4 Å². The van der Waals surface area contributed by atoms with Crippen molar-refractivity contribution in [3.8, 4) is 5.75 Å². The van der Waals surface area contributed by atoms with E-state index in [9.17, 15) is 22.8 Å². The highest BCUT2D eigenvalue weighted by Gasteiger charge is 2.31. The number of carbonyl (C=O) groups is 2. The molecular formula is C9H5F3O4. The molecule has 1 aromatic rings. The van der Waals surface area contributed by atoms with E-state index in [1.165, 1.54) is 0 Å². The molecule has 0 saturated carbocycles. The molecule has 0 bridgehead atoms. The summed E-state index contributed by atoms with van der Waals surface area (Å²) in [7, 11) is 0. The van der Waals surface area contributed by atoms with Gasteiger partial charge in [-0.25, -0.2) is 4.79 Å². The highest BCUT2D eigenvalue weighted by molar-refractivity contribution is 6.39. The van der Waals surface area contributed by atoms with Crippen LogP contribution in [0.3, 0.4) is 0 Å². The third-order valence-corrected chi connectivity index (χ3v) is 1.52. The number of rotatable bonds is 3. The average molecular weight is 234 g/mol. The van der Waals surface area contributed by atoms with Gasteiger partial charge in [0.25, 0.3) is 5.78 Å². The lowest BCUT2D eigenvalue weighted by atomic mass is 10.1. The number of ether oxygens (including phenoxy) is 1. The van der Waals surface area contributed by atoms with Crippen molar-refractivity contribution in [1.29, 1.82) is 0 Å². The molecule has 0 heterocycles. The first-order valence-electron chi connectivity index (χ1n) is 3.93. The third-order valence-electron chi connectivity index (χ3n) is 1.52. The van der Waals surface area contributed by atoms with Crippen molar-refractivity contribution in [2.45, 2.75) is 6.36 Å². The van der Waals surface area contributed by atoms with E-state index < -0.39 is 23.9 Å². The normalized spacial score (nSPS) is 10.9. The number of carbonyl (C=O) groups excluding carboxylic acids is 1. The molecule has 0 aromatic heterocycles. The summed E-state index contributed by atoms with van der Waals surface area (Å²) in [5, 5.41) is 8.35. The lowest BCUT2D eigenvalue weighted by Gasteiger charge is -2.08. The van der Waals surface area contributed by atoms with Crippen LogP contribution < -0.4 is 4.74 Å². The highest BCUT2D eigenvalue weighted by atomic mass is 19.4. The molecule has 0 spiro atoms. The zero-order chi connectivity index (χ0) is 12.3. The number of benzene rings is 1. The first-order chi connectivity index (χ1) is 7.29. The molecule has 4 nitrogen and oxygen atoms in total. The van der Waals surface area contributed by atoms with Crippen LogP contribution in [0.15, 0.2) is 24.3 Å². The Bertz CT molecular complexity index is 425. The first kappa shape index (κ1) is 12.0. The van der Waals surface area contributed by atoms with Gasteiger partial charge in [0, 0.05) is 5.56 Å². The summed E-state index contributed by atoms with van der Waals surface area (Å²) < 4.78 is 39.0. The summed E-state index contributed by atoms with van der Waals surface area (Å²) in [6, 6.07) is 3.85. The maximum atomic E-state index is 11.8. The summed E-state index contributed by atoms with van der Waals surface area (Å²) in [5.41, 5.74) is -0.380. The van der Waals surface area contributed by atoms with E-state index in [0.717, 1.165) is 18.2 Å². The van der Waals surface area contributed by atoms with E-state index in [1.54, 1.807) is 0 Å². The van der Waals surface area contributed by atoms with Crippen LogP contribution in [0.5, 0.6) is 5.75 Å². The molecule has 1 aromatic carbocycles. The molecule has 0 atom stereocenters. The van der Waals surface area contributed by atoms with Gasteiger partial charge in [0.2, 0.25) is 0 Å². The number of ketones is 1. The number of alkyl halides is 3. The number of carboxylic acids is 1. The zero-order valence-corrected chi connectivity index (χ0v) is 7.62. The van der Waals surface area contributed by atoms with E-state index in [-0.39, 0.29) is 5.56 Å². The van der Waals surface area contributed by atoms with Crippen LogP contribution in [0.2, 0.25) is 0 Å². The van der Waals surface area contributed by atoms with E-state index in [4.69, 9.17) is 5.11 Å². The molecule has 0 saturated heterocycles. The van der Waals surface area contributed by atoms with Gasteiger partial charge in [0.15, 0.2) is 0 Å². The molecule has 16 heavy (non-hydrogen) atoms. The minimum atomic E-state index is -4.88. The van der Waals surface area contributed by atoms with Gasteiger partial charge >= 0.3 is 12.3 Å². The summed E-state index contributed by atoms with van der Waals surface area (Å²) in [6.07, 6.45) is -4.88. The first-order valence-corrected chi connectivity index (χ1v) is 3.93. The van der Waals surface area contributed by atoms with Crippen molar-refractivity contribution in [2.75, 3.05) is 0 Å². The van der Waals surface area contributed by atoms with Crippen molar-refractivity contribution in [1.82, 2.24) is 0 Å². The van der Waals surface area contributed by atoms with Crippen LogP contribution in [-0.4, -0.2) is 23.2 Å². The molecule has 0 amide bonds. The molecule has 1 rings (SSSR count). The third kappa shape index (κ3) is 3.26. The van der Waals surface area contributed by atoms with Crippen LogP contribution in [0.4, 0.5) is 13.2 Å². The minimum Gasteiger partial charge on any atom is -0.475 e. The fourth-order valence-corrected chi connectivity index (χ4v) is 0.958. The van der Waals surface area contributed by atoms with Gasteiger partial charge in [-0.3, -0.25) is 4.79 Å². The van der Waals surface area contributed by atoms with Gasteiger partial charge in [0.05, 0.1) is 0 Å². The summed E-state index contributed by atoms with van der Waals surface area (Å²) >= 11 is 0. The van der Waals surface area contributed by atoms with Gasteiger partial charge in [-0.1, -0.05) is 12.1 Å². The van der Waals surface area contributed by atoms with Crippen LogP contribution in [0, 0.1) is 0 Å². The highest BCUT2D eigenvalue weighted by Crippen LogP contribution is 2.23. The van der Waals surface area contributed by atoms with Crippen molar-refractivity contribution < 1.29 is 32.6 Å². The lowest BCUT2D eigenvalue weighted by Crippen LogP contribution is -2.18. The summed E-state index contributed by atoms with van der Waals surface area (Å²) in [4.78, 5) is 21.2. The topological polar surface area (TPSA) is 63.6 Å². The van der Waals surface area contributed by atoms with E-state index >= 15 is 0 Å². The second-order valence-electron chi connectivity index (χ2n) is 2.71. The predicted molar refractivity (Wildman–Crippen MR) is 45.1 cm³/mol. The number of halogens is 3. The van der Waals surface area contributed by atoms with Crippen molar-refractivity contribution >= 4 is 11.8 Å². The number of aliphatic carboxylic acids is 1. The number of hydrogen-bond donors (Lipinski definition) is 1. The van der Waals surface area contributed by atoms with Gasteiger partial charge in [-0.05, 0) is 12.1 Å². The van der Waals surface area contributed by atoms with Crippen LogP contribution in [0.25, 0.3) is 0 Å². The second-order valence-corrected chi connectivity index (χ2v) is 2.71. The second kappa shape index (κ2) is 4.21. The van der Waals surface area contributed by atoms with E-state index in [0.29, 0.717) is 6.07 Å². The Morgan fingerprint density at radius 1 is 1.25 bits per heavy atom. The lowest BCUT2D eigenvalue weighted by molar-refractivity contribution is -0.274. The van der Waals surface area contributed by atoms with Crippen LogP contribution in [-0.2, 0) is 4.79 Å². The van der Waals surface area contributed by atoms with E-state index in [2.05, 4.69) is 4.74 Å². The van der Waals surface area contributed by atoms with Crippen LogP contribution >= 0.6 is 0 Å². The monoisotopic (exact) mass is 234 g/mol. The molecule has 0 aliphatic carbocycles. The molecule has 0 aliphatic heterocycles. The van der Waals surface area contributed by atoms with Gasteiger partial charge in [-0.2, -0.15) is 0 Å². The van der Waals surface area contributed by atoms with Crippen molar-refractivity contribution in [2.24, 2.45) is 0 Å². The molecule has 7 heteroatoms. The summed E-state index contributed by atoms with van der Waals surface area (Å²) in [6.45, 7) is 0. The SMILES string of the molecule is O=C(O)C(=O)c1cccc(OC(F)(F)F)c1. The Morgan fingerprint density at radius 2 is 1.88 bits per heavy atom. The molecule has 86 valence electrons. The van der Waals surface area contributed by atoms with E-state index in [1.807, 2.05) is 0 Å². The van der Waals surface area contributed by atoms with Crippen molar-refractivity contribution in [3.05, 3.63) is 29.8 Å². The van der Waals surface area contributed by atoms with Gasteiger partial charge in [-0.15, -0.1) is 13.2 Å². The Balaban J connectivity index is 2.96. The van der Waals surface area contributed by atoms with Gasteiger partial charge in [0.1, 0.15) is 5.75 Å². The minimum absolute atomic E-state index is 0.380. The number of Topliss-reactive ketones (excluding diaryl/α,β-unsaturated/α-hetero) is 1. The Morgan fingerprint density at radius 3 is 2.38 bits per heavy atom. The van der Waals surface area contributed by atoms with Gasteiger partial charge < -0.3 is 9.84 Å². The standard InChI is InChI=1S/C9H5F3O4/c10-9(11,12)16-6-3-1-2-5(4-6)7(13)8(14)15/h1-4H,(H,14,15). The average Bonchev–Trinajstić information content (AvgIpc) is 2.14. The quantitative estimate of drug-likeness (QED) is 0.640. The molecule has 0 radical (unpaired) electrons. The molecule has 0 aliphatic rings. The largest absolute Gasteiger partial charge is 0.573 e. The molecular weight excluding hydrogens is 229 g/mol. The fraction of sp³-hybridized carbons (Fsp3) is 0.111. The smallest absolute Gasteiger partial charge is 0.475 e. The molecule has 1 N–H and O–H groups in total. The maximum absolute atomic E-state index is 11.8. The Hall–Kier alpha value is -2.05. The fourth-order valence-electron chi connectivity index (χ4n) is 0.958. The van der Waals surface area contributed by atoms with Crippen molar-refractivity contribution in [3.63, 3.8) is 0 Å². The maximum Gasteiger partial charge on any atom is 0.573 e. The Labute approximate surface area is 87.3 Å². The molecule has 0 unspecified atom stereocenters. The molecule has 0 fully saturated rings. The number of carboxylic acid groups (broad SMARTS) is 1. The Kier molecular flexibility index (Phi) is 3.17. The zero-order valence-electron chi connectivity index (χ0n) is 7.62. The predicted octanol–water partition coefficient (Wildman–Crippen LogP) is 1.85. The number of hydrogen-bond acceptors (Lipinski definition) is 3.